The number of nitrogens with one attached hydrogen (secondary N) is 2. The number of ether oxygens (including phenoxy) is 1. The Labute approximate surface area is 144 Å². The Bertz CT molecular complexity index is 611. The van der Waals surface area contributed by atoms with Crippen molar-refractivity contribution in [1.82, 2.24) is 10.6 Å². The molecule has 2 aromatic carbocycles. The van der Waals surface area contributed by atoms with Crippen molar-refractivity contribution >= 4 is 5.91 Å². The van der Waals surface area contributed by atoms with Gasteiger partial charge >= 0.3 is 0 Å². The predicted octanol–water partition coefficient (Wildman–Crippen LogP) is 3.09. The van der Waals surface area contributed by atoms with Crippen LogP contribution in [-0.4, -0.2) is 26.1 Å². The number of rotatable bonds is 9. The van der Waals surface area contributed by atoms with Gasteiger partial charge in [-0.3, -0.25) is 4.79 Å². The summed E-state index contributed by atoms with van der Waals surface area (Å²) in [5.74, 6) is 0.944. The summed E-state index contributed by atoms with van der Waals surface area (Å²) in [6, 6.07) is 18.1. The van der Waals surface area contributed by atoms with E-state index in [2.05, 4.69) is 22.8 Å². The summed E-state index contributed by atoms with van der Waals surface area (Å²) in [6.07, 6.45) is 1.42. The van der Waals surface area contributed by atoms with E-state index in [4.69, 9.17) is 4.74 Å². The Morgan fingerprint density at radius 3 is 2.42 bits per heavy atom. The first-order valence-electron chi connectivity index (χ1n) is 8.37. The van der Waals surface area contributed by atoms with Crippen LogP contribution in [0, 0.1) is 0 Å². The molecule has 4 nitrogen and oxygen atoms in total. The van der Waals surface area contributed by atoms with Crippen molar-refractivity contribution in [2.45, 2.75) is 25.8 Å². The summed E-state index contributed by atoms with van der Waals surface area (Å²) in [4.78, 5) is 12.0. The van der Waals surface area contributed by atoms with Crippen molar-refractivity contribution in [1.29, 1.82) is 0 Å². The average Bonchev–Trinajstić information content (AvgIpc) is 2.62. The molecule has 24 heavy (non-hydrogen) atoms. The van der Waals surface area contributed by atoms with Crippen LogP contribution in [0.2, 0.25) is 0 Å². The molecular weight excluding hydrogens is 300 g/mol. The molecule has 0 fully saturated rings. The third-order valence-corrected chi connectivity index (χ3v) is 3.96. The molecule has 128 valence electrons. The molecule has 0 radical (unpaired) electrons. The normalized spacial score (nSPS) is 11.8. The van der Waals surface area contributed by atoms with E-state index in [1.54, 1.807) is 7.11 Å². The van der Waals surface area contributed by atoms with Gasteiger partial charge in [0.05, 0.1) is 13.2 Å². The number of carbonyl (C=O) groups is 1. The average molecular weight is 326 g/mol. The predicted molar refractivity (Wildman–Crippen MR) is 97.2 cm³/mol. The van der Waals surface area contributed by atoms with E-state index in [1.807, 2.05) is 49.4 Å². The van der Waals surface area contributed by atoms with Crippen molar-refractivity contribution in [2.24, 2.45) is 0 Å². The Hall–Kier alpha value is -2.33. The van der Waals surface area contributed by atoms with Gasteiger partial charge in [0.25, 0.3) is 0 Å². The van der Waals surface area contributed by atoms with E-state index < -0.39 is 0 Å². The van der Waals surface area contributed by atoms with Crippen LogP contribution in [0.1, 0.15) is 30.5 Å². The molecule has 2 N–H and O–H groups in total. The van der Waals surface area contributed by atoms with E-state index in [0.29, 0.717) is 13.0 Å². The number of carbonyl (C=O) groups excluding carboxylic acids is 1. The lowest BCUT2D eigenvalue weighted by Gasteiger charge is -2.14. The maximum absolute atomic E-state index is 12.0. The minimum absolute atomic E-state index is 0.0398. The Balaban J connectivity index is 1.60. The Morgan fingerprint density at radius 2 is 1.75 bits per heavy atom. The first kappa shape index (κ1) is 18.0. The fourth-order valence-electron chi connectivity index (χ4n) is 2.49. The standard InChI is InChI=1S/C20H26N2O2/c1-16(18-6-4-3-5-7-18)22-20(23)13-15-21-14-12-17-8-10-19(24-2)11-9-17/h3-11,16,21H,12-15H2,1-2H3,(H,22,23). The molecule has 1 atom stereocenters. The minimum atomic E-state index is 0.0398. The maximum atomic E-state index is 12.0. The smallest absolute Gasteiger partial charge is 0.221 e. The molecule has 0 aliphatic rings. The molecule has 0 aliphatic heterocycles. The number of hydrogen-bond acceptors (Lipinski definition) is 3. The number of benzene rings is 2. The summed E-state index contributed by atoms with van der Waals surface area (Å²) >= 11 is 0. The summed E-state index contributed by atoms with van der Waals surface area (Å²) in [5, 5.41) is 6.34. The molecule has 2 rings (SSSR count). The zero-order valence-corrected chi connectivity index (χ0v) is 14.4. The van der Waals surface area contributed by atoms with Gasteiger partial charge < -0.3 is 15.4 Å². The number of methoxy groups -OCH3 is 1. The first-order valence-corrected chi connectivity index (χ1v) is 8.37. The van der Waals surface area contributed by atoms with Crippen LogP contribution >= 0.6 is 0 Å². The lowest BCUT2D eigenvalue weighted by molar-refractivity contribution is -0.121. The maximum Gasteiger partial charge on any atom is 0.221 e. The van der Waals surface area contributed by atoms with Crippen molar-refractivity contribution < 1.29 is 9.53 Å². The Kier molecular flexibility index (Phi) is 7.30. The van der Waals surface area contributed by atoms with Crippen molar-refractivity contribution in [2.75, 3.05) is 20.2 Å². The highest BCUT2D eigenvalue weighted by Crippen LogP contribution is 2.12. The SMILES string of the molecule is COc1ccc(CCNCCC(=O)NC(C)c2ccccc2)cc1. The summed E-state index contributed by atoms with van der Waals surface area (Å²) in [7, 11) is 1.67. The second-order valence-electron chi connectivity index (χ2n) is 5.80. The minimum Gasteiger partial charge on any atom is -0.497 e. The molecule has 4 heteroatoms. The van der Waals surface area contributed by atoms with Gasteiger partial charge in [0, 0.05) is 13.0 Å². The van der Waals surface area contributed by atoms with E-state index in [1.165, 1.54) is 5.56 Å². The van der Waals surface area contributed by atoms with Crippen LogP contribution < -0.4 is 15.4 Å². The summed E-state index contributed by atoms with van der Waals surface area (Å²) in [5.41, 5.74) is 2.38. The van der Waals surface area contributed by atoms with E-state index in [9.17, 15) is 4.79 Å². The van der Waals surface area contributed by atoms with Gasteiger partial charge in [-0.05, 0) is 43.1 Å². The monoisotopic (exact) mass is 326 g/mol. The molecular formula is C20H26N2O2. The highest BCUT2D eigenvalue weighted by atomic mass is 16.5. The molecule has 0 saturated heterocycles. The Morgan fingerprint density at radius 1 is 1.04 bits per heavy atom. The first-order chi connectivity index (χ1) is 11.7. The topological polar surface area (TPSA) is 50.4 Å². The van der Waals surface area contributed by atoms with Gasteiger partial charge in [-0.1, -0.05) is 42.5 Å². The van der Waals surface area contributed by atoms with E-state index >= 15 is 0 Å². The van der Waals surface area contributed by atoms with Gasteiger partial charge in [0.1, 0.15) is 5.75 Å². The van der Waals surface area contributed by atoms with Crippen LogP contribution in [0.25, 0.3) is 0 Å². The third kappa shape index (κ3) is 6.05. The van der Waals surface area contributed by atoms with Crippen molar-refractivity contribution in [3.63, 3.8) is 0 Å². The molecule has 0 aromatic heterocycles. The molecule has 0 heterocycles. The summed E-state index contributed by atoms with van der Waals surface area (Å²) in [6.45, 7) is 3.54. The zero-order valence-electron chi connectivity index (χ0n) is 14.4. The van der Waals surface area contributed by atoms with Gasteiger partial charge in [0.15, 0.2) is 0 Å². The highest BCUT2D eigenvalue weighted by Gasteiger charge is 2.08. The van der Waals surface area contributed by atoms with Crippen LogP contribution in [0.3, 0.4) is 0 Å². The van der Waals surface area contributed by atoms with Gasteiger partial charge in [-0.25, -0.2) is 0 Å². The largest absolute Gasteiger partial charge is 0.497 e. The van der Waals surface area contributed by atoms with Crippen molar-refractivity contribution in [3.05, 3.63) is 65.7 Å². The number of amides is 1. The molecule has 0 spiro atoms. The fraction of sp³-hybridized carbons (Fsp3) is 0.350. The van der Waals surface area contributed by atoms with Gasteiger partial charge in [0.2, 0.25) is 5.91 Å². The lowest BCUT2D eigenvalue weighted by Crippen LogP contribution is -2.30. The second-order valence-corrected chi connectivity index (χ2v) is 5.80. The molecule has 1 unspecified atom stereocenters. The van der Waals surface area contributed by atoms with Crippen LogP contribution in [0.4, 0.5) is 0 Å². The van der Waals surface area contributed by atoms with E-state index in [0.717, 1.165) is 24.3 Å². The molecule has 2 aromatic rings. The quantitative estimate of drug-likeness (QED) is 0.696. The number of hydrogen-bond donors (Lipinski definition) is 2. The lowest BCUT2D eigenvalue weighted by atomic mass is 10.1. The summed E-state index contributed by atoms with van der Waals surface area (Å²) < 4.78 is 5.14. The second kappa shape index (κ2) is 9.73. The van der Waals surface area contributed by atoms with E-state index in [-0.39, 0.29) is 11.9 Å². The van der Waals surface area contributed by atoms with Crippen LogP contribution in [0.5, 0.6) is 5.75 Å². The van der Waals surface area contributed by atoms with Crippen molar-refractivity contribution in [3.8, 4) is 5.75 Å². The molecule has 0 aliphatic carbocycles. The third-order valence-electron chi connectivity index (χ3n) is 3.96. The molecule has 1 amide bonds. The zero-order chi connectivity index (χ0) is 17.2. The molecule has 0 saturated carbocycles. The van der Waals surface area contributed by atoms with Gasteiger partial charge in [-0.2, -0.15) is 0 Å². The fourth-order valence-corrected chi connectivity index (χ4v) is 2.49. The molecule has 0 bridgehead atoms. The highest BCUT2D eigenvalue weighted by molar-refractivity contribution is 5.76. The van der Waals surface area contributed by atoms with Gasteiger partial charge in [-0.15, -0.1) is 0 Å². The van der Waals surface area contributed by atoms with Crippen LogP contribution in [0.15, 0.2) is 54.6 Å². The van der Waals surface area contributed by atoms with Crippen LogP contribution in [-0.2, 0) is 11.2 Å².